The molecule has 0 fully saturated rings. The van der Waals surface area contributed by atoms with Crippen molar-refractivity contribution in [3.8, 4) is 5.75 Å². The molecule has 0 aliphatic heterocycles. The Kier molecular flexibility index (Phi) is 3.09. The third-order valence-electron chi connectivity index (χ3n) is 2.96. The highest BCUT2D eigenvalue weighted by Crippen LogP contribution is 2.21. The lowest BCUT2D eigenvalue weighted by molar-refractivity contribution is 0.0372. The van der Waals surface area contributed by atoms with Gasteiger partial charge in [-0.2, -0.15) is 0 Å². The molecule has 0 radical (unpaired) electrons. The molecule has 100 valence electrons. The number of carbonyl (C=O) groups is 1. The molecule has 1 aromatic heterocycles. The van der Waals surface area contributed by atoms with E-state index >= 15 is 0 Å². The summed E-state index contributed by atoms with van der Waals surface area (Å²) in [4.78, 5) is 15.8. The lowest BCUT2D eigenvalue weighted by atomic mass is 10.1. The second-order valence-electron chi connectivity index (χ2n) is 4.38. The van der Waals surface area contributed by atoms with Gasteiger partial charge < -0.3 is 14.4 Å². The van der Waals surface area contributed by atoms with Crippen molar-refractivity contribution in [2.45, 2.75) is 6.73 Å². The van der Waals surface area contributed by atoms with Crippen LogP contribution in [0, 0.1) is 0 Å². The van der Waals surface area contributed by atoms with Gasteiger partial charge in [-0.1, -0.05) is 12.1 Å². The summed E-state index contributed by atoms with van der Waals surface area (Å²) in [5.74, 6) is -0.193. The number of ether oxygens (including phenoxy) is 1. The lowest BCUT2D eigenvalue weighted by Crippen LogP contribution is -2.08. The molecule has 2 aromatic carbocycles. The summed E-state index contributed by atoms with van der Waals surface area (Å²) >= 11 is 0. The third kappa shape index (κ3) is 2.47. The van der Waals surface area contributed by atoms with Crippen LogP contribution in [0.5, 0.6) is 5.75 Å². The van der Waals surface area contributed by atoms with Crippen molar-refractivity contribution in [2.24, 2.45) is 0 Å². The molecule has 0 unspecified atom stereocenters. The molecular weight excluding hydrogens is 256 g/mol. The van der Waals surface area contributed by atoms with E-state index < -0.39 is 5.97 Å². The molecule has 3 aromatic rings. The van der Waals surface area contributed by atoms with Gasteiger partial charge in [-0.05, 0) is 35.0 Å². The Morgan fingerprint density at radius 3 is 2.80 bits per heavy atom. The van der Waals surface area contributed by atoms with Crippen LogP contribution in [0.25, 0.3) is 10.8 Å². The van der Waals surface area contributed by atoms with Crippen molar-refractivity contribution in [3.05, 3.63) is 60.7 Å². The van der Waals surface area contributed by atoms with Crippen molar-refractivity contribution >= 4 is 16.7 Å². The van der Waals surface area contributed by atoms with Gasteiger partial charge in [0.15, 0.2) is 6.73 Å². The molecule has 5 nitrogen and oxygen atoms in total. The molecule has 1 N–H and O–H groups in total. The monoisotopic (exact) mass is 268 g/mol. The van der Waals surface area contributed by atoms with E-state index in [4.69, 9.17) is 4.74 Å². The summed E-state index contributed by atoms with van der Waals surface area (Å²) in [7, 11) is 0. The minimum absolute atomic E-state index is 0.131. The first-order valence-corrected chi connectivity index (χ1v) is 6.08. The molecule has 0 aliphatic carbocycles. The average Bonchev–Trinajstić information content (AvgIpc) is 2.97. The number of esters is 1. The van der Waals surface area contributed by atoms with Crippen LogP contribution in [-0.2, 0) is 11.5 Å². The SMILES string of the molecule is O=C(OCn1ccnc1)c1ccc2cc(O)ccc2c1. The molecule has 20 heavy (non-hydrogen) atoms. The Labute approximate surface area is 115 Å². The van der Waals surface area contributed by atoms with E-state index in [0.29, 0.717) is 5.56 Å². The van der Waals surface area contributed by atoms with Gasteiger partial charge in [-0.15, -0.1) is 0 Å². The van der Waals surface area contributed by atoms with Gasteiger partial charge in [-0.25, -0.2) is 9.78 Å². The van der Waals surface area contributed by atoms with Gasteiger partial charge in [0, 0.05) is 12.4 Å². The predicted octanol–water partition coefficient (Wildman–Crippen LogP) is 2.56. The molecule has 5 heteroatoms. The molecule has 0 spiro atoms. The third-order valence-corrected chi connectivity index (χ3v) is 2.96. The Morgan fingerprint density at radius 2 is 2.00 bits per heavy atom. The number of aromatic hydroxyl groups is 1. The van der Waals surface area contributed by atoms with Crippen LogP contribution in [0.3, 0.4) is 0 Å². The fourth-order valence-electron chi connectivity index (χ4n) is 1.94. The molecule has 3 rings (SSSR count). The highest BCUT2D eigenvalue weighted by molar-refractivity contribution is 5.95. The summed E-state index contributed by atoms with van der Waals surface area (Å²) in [6, 6.07) is 10.2. The number of fused-ring (bicyclic) bond motifs is 1. The summed E-state index contributed by atoms with van der Waals surface area (Å²) in [6.07, 6.45) is 4.92. The predicted molar refractivity (Wildman–Crippen MR) is 73.3 cm³/mol. The lowest BCUT2D eigenvalue weighted by Gasteiger charge is -2.06. The zero-order valence-electron chi connectivity index (χ0n) is 10.6. The number of hydrogen-bond acceptors (Lipinski definition) is 4. The Hall–Kier alpha value is -2.82. The van der Waals surface area contributed by atoms with Crippen LogP contribution in [0.1, 0.15) is 10.4 Å². The van der Waals surface area contributed by atoms with Crippen LogP contribution in [0.2, 0.25) is 0 Å². The number of carbonyl (C=O) groups excluding carboxylic acids is 1. The fourth-order valence-corrected chi connectivity index (χ4v) is 1.94. The average molecular weight is 268 g/mol. The van der Waals surface area contributed by atoms with Gasteiger partial charge >= 0.3 is 5.97 Å². The Balaban J connectivity index is 1.79. The molecule has 0 bridgehead atoms. The van der Waals surface area contributed by atoms with Crippen molar-refractivity contribution in [1.82, 2.24) is 9.55 Å². The van der Waals surface area contributed by atoms with E-state index in [9.17, 15) is 9.90 Å². The molecule has 0 amide bonds. The largest absolute Gasteiger partial charge is 0.508 e. The number of phenols is 1. The van der Waals surface area contributed by atoms with Gasteiger partial charge in [0.25, 0.3) is 0 Å². The minimum atomic E-state index is -0.395. The zero-order valence-corrected chi connectivity index (χ0v) is 10.6. The first-order chi connectivity index (χ1) is 9.72. The number of imidazole rings is 1. The van der Waals surface area contributed by atoms with Gasteiger partial charge in [0.05, 0.1) is 11.9 Å². The van der Waals surface area contributed by atoms with Crippen LogP contribution in [0.15, 0.2) is 55.1 Å². The number of nitrogens with zero attached hydrogens (tertiary/aromatic N) is 2. The van der Waals surface area contributed by atoms with Crippen molar-refractivity contribution in [1.29, 1.82) is 0 Å². The second-order valence-corrected chi connectivity index (χ2v) is 4.38. The van der Waals surface area contributed by atoms with E-state index in [2.05, 4.69) is 4.98 Å². The highest BCUT2D eigenvalue weighted by Gasteiger charge is 2.08. The molecular formula is C15H12N2O3. The Bertz CT molecular complexity index is 751. The van der Waals surface area contributed by atoms with Crippen LogP contribution in [0.4, 0.5) is 0 Å². The van der Waals surface area contributed by atoms with Crippen molar-refractivity contribution in [3.63, 3.8) is 0 Å². The van der Waals surface area contributed by atoms with Crippen LogP contribution >= 0.6 is 0 Å². The number of phenolic OH excluding ortho intramolecular Hbond substituents is 1. The van der Waals surface area contributed by atoms with E-state index in [1.54, 1.807) is 59.7 Å². The maximum Gasteiger partial charge on any atom is 0.339 e. The van der Waals surface area contributed by atoms with Crippen LogP contribution < -0.4 is 0 Å². The maximum atomic E-state index is 11.9. The highest BCUT2D eigenvalue weighted by atomic mass is 16.5. The smallest absolute Gasteiger partial charge is 0.339 e. The van der Waals surface area contributed by atoms with Crippen LogP contribution in [-0.4, -0.2) is 20.6 Å². The number of benzene rings is 2. The number of rotatable bonds is 3. The molecule has 0 saturated heterocycles. The summed E-state index contributed by atoms with van der Waals surface area (Å²) < 4.78 is 6.84. The fraction of sp³-hybridized carbons (Fsp3) is 0.0667. The van der Waals surface area contributed by atoms with Crippen molar-refractivity contribution in [2.75, 3.05) is 0 Å². The minimum Gasteiger partial charge on any atom is -0.508 e. The van der Waals surface area contributed by atoms with E-state index in [0.717, 1.165) is 10.8 Å². The normalized spacial score (nSPS) is 10.6. The van der Waals surface area contributed by atoms with E-state index in [1.165, 1.54) is 0 Å². The topological polar surface area (TPSA) is 64.4 Å². The van der Waals surface area contributed by atoms with Gasteiger partial charge in [0.2, 0.25) is 0 Å². The Morgan fingerprint density at radius 1 is 1.20 bits per heavy atom. The standard InChI is InChI=1S/C15H12N2O3/c18-14-4-3-11-7-13(2-1-12(11)8-14)15(19)20-10-17-6-5-16-9-17/h1-9,18H,10H2. The first-order valence-electron chi connectivity index (χ1n) is 6.08. The second kappa shape index (κ2) is 5.05. The molecule has 0 saturated carbocycles. The van der Waals surface area contributed by atoms with E-state index in [-0.39, 0.29) is 12.5 Å². The van der Waals surface area contributed by atoms with Crippen molar-refractivity contribution < 1.29 is 14.6 Å². The zero-order chi connectivity index (χ0) is 13.9. The summed E-state index contributed by atoms with van der Waals surface area (Å²) in [5, 5.41) is 11.1. The first kappa shape index (κ1) is 12.2. The van der Waals surface area contributed by atoms with E-state index in [1.807, 2.05) is 0 Å². The maximum absolute atomic E-state index is 11.9. The van der Waals surface area contributed by atoms with Gasteiger partial charge in [-0.3, -0.25) is 0 Å². The van der Waals surface area contributed by atoms with Gasteiger partial charge in [0.1, 0.15) is 5.75 Å². The quantitative estimate of drug-likeness (QED) is 0.741. The summed E-state index contributed by atoms with van der Waals surface area (Å²) in [6.45, 7) is 0.131. The number of aromatic nitrogens is 2. The molecule has 0 atom stereocenters. The summed E-state index contributed by atoms with van der Waals surface area (Å²) in [5.41, 5.74) is 0.475. The molecule has 0 aliphatic rings. The number of hydrogen-bond donors (Lipinski definition) is 1. The molecule has 1 heterocycles.